The van der Waals surface area contributed by atoms with E-state index in [1.54, 1.807) is 0 Å². The molecule has 0 saturated heterocycles. The van der Waals surface area contributed by atoms with Gasteiger partial charge < -0.3 is 25.2 Å². The molecule has 0 aliphatic rings. The lowest BCUT2D eigenvalue weighted by atomic mass is 10.00. The van der Waals surface area contributed by atoms with E-state index in [9.17, 15) is 5.11 Å². The zero-order chi connectivity index (χ0) is 26.9. The van der Waals surface area contributed by atoms with E-state index >= 15 is 0 Å². The Morgan fingerprint density at radius 3 is 2.11 bits per heavy atom. The summed E-state index contributed by atoms with van der Waals surface area (Å²) in [6, 6.07) is 16.6. The van der Waals surface area contributed by atoms with Crippen LogP contribution in [0.4, 0.5) is 0 Å². The fourth-order valence-electron chi connectivity index (χ4n) is 4.72. The molecule has 0 radical (unpaired) electrons. The molecule has 1 unspecified atom stereocenters. The van der Waals surface area contributed by atoms with Crippen LogP contribution < -0.4 is 15.2 Å². The number of benzene rings is 2. The van der Waals surface area contributed by atoms with Crippen LogP contribution >= 0.6 is 0 Å². The highest BCUT2D eigenvalue weighted by Gasteiger charge is 2.14. The van der Waals surface area contributed by atoms with Crippen LogP contribution in [0.15, 0.2) is 48.5 Å². The smallest absolute Gasteiger partial charge is 0.119 e. The van der Waals surface area contributed by atoms with Gasteiger partial charge in [-0.25, -0.2) is 0 Å². The van der Waals surface area contributed by atoms with Crippen LogP contribution in [0.25, 0.3) is 0 Å². The van der Waals surface area contributed by atoms with E-state index < -0.39 is 6.10 Å². The minimum Gasteiger partial charge on any atom is -0.493 e. The molecule has 5 nitrogen and oxygen atoms in total. The van der Waals surface area contributed by atoms with Crippen molar-refractivity contribution in [3.8, 4) is 11.5 Å². The second-order valence-corrected chi connectivity index (χ2v) is 10.6. The summed E-state index contributed by atoms with van der Waals surface area (Å²) in [4.78, 5) is 2.24. The number of nitrogens with zero attached hydrogens (tertiary/aromatic N) is 1. The number of hydrogen-bond donors (Lipinski definition) is 2. The molecule has 0 heterocycles. The van der Waals surface area contributed by atoms with Gasteiger partial charge in [-0.15, -0.1) is 0 Å². The normalized spacial score (nSPS) is 13.2. The molecular weight excluding hydrogens is 460 g/mol. The second kappa shape index (κ2) is 18.2. The Labute approximate surface area is 226 Å². The highest BCUT2D eigenvalue weighted by molar-refractivity contribution is 5.29. The summed E-state index contributed by atoms with van der Waals surface area (Å²) in [5.74, 6) is 2.94. The second-order valence-electron chi connectivity index (χ2n) is 10.6. The van der Waals surface area contributed by atoms with Gasteiger partial charge in [0.2, 0.25) is 0 Å². The van der Waals surface area contributed by atoms with Gasteiger partial charge in [0.15, 0.2) is 0 Å². The molecule has 0 spiro atoms. The quantitative estimate of drug-likeness (QED) is 0.224. The molecule has 3 N–H and O–H groups in total. The largest absolute Gasteiger partial charge is 0.493 e. The van der Waals surface area contributed by atoms with Crippen molar-refractivity contribution in [3.05, 3.63) is 59.7 Å². The van der Waals surface area contributed by atoms with Crippen LogP contribution in [-0.4, -0.2) is 56.0 Å². The molecule has 0 amide bonds. The zero-order valence-electron chi connectivity index (χ0n) is 23.8. The Morgan fingerprint density at radius 1 is 0.865 bits per heavy atom. The summed E-state index contributed by atoms with van der Waals surface area (Å²) < 4.78 is 12.2. The average Bonchev–Trinajstić information content (AvgIpc) is 2.90. The van der Waals surface area contributed by atoms with Gasteiger partial charge in [0, 0.05) is 6.54 Å². The SMILES string of the molecule is CCCC(CCN(C)C[C@H](O)Cc1cccc(OCC(CC)CC)c1)COc1cccc(CCCN)c1. The zero-order valence-corrected chi connectivity index (χ0v) is 23.8. The topological polar surface area (TPSA) is 68.0 Å². The minimum absolute atomic E-state index is 0.406. The van der Waals surface area contributed by atoms with Crippen LogP contribution in [0.3, 0.4) is 0 Å². The molecule has 0 aromatic heterocycles. The van der Waals surface area contributed by atoms with Gasteiger partial charge in [-0.1, -0.05) is 64.3 Å². The minimum atomic E-state index is -0.406. The highest BCUT2D eigenvalue weighted by Crippen LogP contribution is 2.20. The van der Waals surface area contributed by atoms with E-state index in [1.165, 1.54) is 5.56 Å². The predicted octanol–water partition coefficient (Wildman–Crippen LogP) is 6.11. The third kappa shape index (κ3) is 12.8. The van der Waals surface area contributed by atoms with Gasteiger partial charge in [-0.05, 0) is 99.5 Å². The number of aliphatic hydroxyl groups is 1. The lowest BCUT2D eigenvalue weighted by Crippen LogP contribution is -2.32. The Morgan fingerprint density at radius 2 is 1.49 bits per heavy atom. The third-order valence-electron chi connectivity index (χ3n) is 7.20. The predicted molar refractivity (Wildman–Crippen MR) is 156 cm³/mol. The molecule has 2 aromatic carbocycles. The van der Waals surface area contributed by atoms with Crippen molar-refractivity contribution in [1.29, 1.82) is 0 Å². The van der Waals surface area contributed by atoms with Gasteiger partial charge in [0.25, 0.3) is 0 Å². The number of aryl methyl sites for hydroxylation is 1. The summed E-state index contributed by atoms with van der Waals surface area (Å²) in [5.41, 5.74) is 8.05. The van der Waals surface area contributed by atoms with Crippen molar-refractivity contribution < 1.29 is 14.6 Å². The third-order valence-corrected chi connectivity index (χ3v) is 7.20. The van der Waals surface area contributed by atoms with Crippen LogP contribution in [0, 0.1) is 11.8 Å². The Kier molecular flexibility index (Phi) is 15.3. The van der Waals surface area contributed by atoms with E-state index in [4.69, 9.17) is 15.2 Å². The van der Waals surface area contributed by atoms with E-state index in [0.29, 0.717) is 31.3 Å². The summed E-state index contributed by atoms with van der Waals surface area (Å²) in [7, 11) is 2.10. The fraction of sp³-hybridized carbons (Fsp3) is 0.625. The molecule has 2 aromatic rings. The summed E-state index contributed by atoms with van der Waals surface area (Å²) in [5, 5.41) is 10.8. The molecule has 0 saturated carbocycles. The lowest BCUT2D eigenvalue weighted by molar-refractivity contribution is 0.119. The van der Waals surface area contributed by atoms with Crippen LogP contribution in [-0.2, 0) is 12.8 Å². The standard InChI is InChI=1S/C32H52N2O3/c1-5-11-28(25-37-31-15-8-12-27(21-31)14-10-18-33)17-19-34(4)23-30(35)20-29-13-9-16-32(22-29)36-24-26(6-2)7-3/h8-9,12-13,15-16,21-22,26,28,30,35H,5-7,10-11,14,17-20,23-25,33H2,1-4H3/t28?,30-/m1/s1. The van der Waals surface area contributed by atoms with Gasteiger partial charge >= 0.3 is 0 Å². The van der Waals surface area contributed by atoms with Crippen molar-refractivity contribution in [1.82, 2.24) is 4.90 Å². The Balaban J connectivity index is 1.77. The number of ether oxygens (including phenoxy) is 2. The molecule has 37 heavy (non-hydrogen) atoms. The number of rotatable bonds is 20. The van der Waals surface area contributed by atoms with Crippen LogP contribution in [0.2, 0.25) is 0 Å². The van der Waals surface area contributed by atoms with E-state index in [1.807, 2.05) is 18.2 Å². The molecule has 2 atom stereocenters. The lowest BCUT2D eigenvalue weighted by Gasteiger charge is -2.24. The first-order valence-corrected chi connectivity index (χ1v) is 14.5. The number of nitrogens with two attached hydrogens (primary N) is 1. The monoisotopic (exact) mass is 512 g/mol. The molecule has 5 heteroatoms. The Bertz CT molecular complexity index is 855. The molecule has 0 bridgehead atoms. The van der Waals surface area contributed by atoms with E-state index in [-0.39, 0.29) is 0 Å². The van der Waals surface area contributed by atoms with E-state index in [0.717, 1.165) is 81.8 Å². The maximum atomic E-state index is 10.8. The molecule has 0 aliphatic carbocycles. The molecule has 0 aliphatic heterocycles. The number of aliphatic hydroxyl groups excluding tert-OH is 1. The van der Waals surface area contributed by atoms with Gasteiger partial charge in [0.05, 0.1) is 19.3 Å². The van der Waals surface area contributed by atoms with Gasteiger partial charge in [0.1, 0.15) is 11.5 Å². The number of likely N-dealkylation sites (N-methyl/N-ethyl adjacent to an activating group) is 1. The van der Waals surface area contributed by atoms with Crippen LogP contribution in [0.1, 0.15) is 70.4 Å². The fourth-order valence-corrected chi connectivity index (χ4v) is 4.72. The summed E-state index contributed by atoms with van der Waals surface area (Å²) in [6.45, 7) is 10.5. The maximum absolute atomic E-state index is 10.8. The first kappa shape index (κ1) is 31.1. The average molecular weight is 513 g/mol. The van der Waals surface area contributed by atoms with Crippen molar-refractivity contribution in [2.24, 2.45) is 17.6 Å². The maximum Gasteiger partial charge on any atom is 0.119 e. The van der Waals surface area contributed by atoms with Crippen molar-refractivity contribution in [2.45, 2.75) is 78.2 Å². The molecule has 208 valence electrons. The summed E-state index contributed by atoms with van der Waals surface area (Å²) >= 11 is 0. The number of hydrogen-bond acceptors (Lipinski definition) is 5. The summed E-state index contributed by atoms with van der Waals surface area (Å²) in [6.07, 6.45) is 7.84. The van der Waals surface area contributed by atoms with Crippen molar-refractivity contribution in [2.75, 3.05) is 39.9 Å². The Hall–Kier alpha value is -2.08. The first-order valence-electron chi connectivity index (χ1n) is 14.5. The molecule has 0 fully saturated rings. The molecule has 2 rings (SSSR count). The van der Waals surface area contributed by atoms with Crippen molar-refractivity contribution >= 4 is 0 Å². The van der Waals surface area contributed by atoms with Gasteiger partial charge in [-0.3, -0.25) is 0 Å². The first-order chi connectivity index (χ1) is 18.0. The van der Waals surface area contributed by atoms with Gasteiger partial charge in [-0.2, -0.15) is 0 Å². The van der Waals surface area contributed by atoms with Crippen molar-refractivity contribution in [3.63, 3.8) is 0 Å². The highest BCUT2D eigenvalue weighted by atomic mass is 16.5. The van der Waals surface area contributed by atoms with Crippen LogP contribution in [0.5, 0.6) is 11.5 Å². The van der Waals surface area contributed by atoms with E-state index in [2.05, 4.69) is 63.1 Å². The molecular formula is C32H52N2O3.